The van der Waals surface area contributed by atoms with E-state index in [0.717, 1.165) is 0 Å². The van der Waals surface area contributed by atoms with Crippen molar-refractivity contribution in [1.29, 1.82) is 0 Å². The Morgan fingerprint density at radius 1 is 1.33 bits per heavy atom. The van der Waals surface area contributed by atoms with Gasteiger partial charge in [-0.15, -0.1) is 0 Å². The Balaban J connectivity index is 5.02. The molecular formula is C11H21O3P. The van der Waals surface area contributed by atoms with Crippen LogP contribution in [0.25, 0.3) is 0 Å². The van der Waals surface area contributed by atoms with Crippen LogP contribution in [0.15, 0.2) is 24.0 Å². The number of rotatable bonds is 7. The number of hydrogen-bond donors (Lipinski definition) is 0. The Labute approximate surface area is 92.7 Å². The largest absolute Gasteiger partial charge is 0.360 e. The van der Waals surface area contributed by atoms with Crippen LogP contribution < -0.4 is 0 Å². The van der Waals surface area contributed by atoms with Gasteiger partial charge in [0.15, 0.2) is 0 Å². The van der Waals surface area contributed by atoms with E-state index in [1.54, 1.807) is 19.9 Å². The van der Waals surface area contributed by atoms with E-state index in [0.29, 0.717) is 18.5 Å². The molecule has 0 fully saturated rings. The van der Waals surface area contributed by atoms with Gasteiger partial charge in [0, 0.05) is 0 Å². The van der Waals surface area contributed by atoms with Crippen LogP contribution in [0.4, 0.5) is 0 Å². The minimum atomic E-state index is -3.14. The molecule has 0 bridgehead atoms. The van der Waals surface area contributed by atoms with E-state index in [1.807, 2.05) is 19.9 Å². The van der Waals surface area contributed by atoms with Gasteiger partial charge >= 0.3 is 7.60 Å². The lowest BCUT2D eigenvalue weighted by molar-refractivity contribution is 0.227. The second kappa shape index (κ2) is 7.00. The molecule has 0 rings (SSSR count). The topological polar surface area (TPSA) is 35.5 Å². The summed E-state index contributed by atoms with van der Waals surface area (Å²) >= 11 is 0. The Hall–Kier alpha value is -0.370. The van der Waals surface area contributed by atoms with E-state index in [-0.39, 0.29) is 5.92 Å². The van der Waals surface area contributed by atoms with Crippen LogP contribution >= 0.6 is 7.60 Å². The fourth-order valence-electron chi connectivity index (χ4n) is 1.14. The first-order chi connectivity index (χ1) is 7.00. The Kier molecular flexibility index (Phi) is 6.82. The molecule has 0 aliphatic carbocycles. The summed E-state index contributed by atoms with van der Waals surface area (Å²) in [7, 11) is -3.14. The zero-order valence-corrected chi connectivity index (χ0v) is 10.9. The molecule has 0 radical (unpaired) electrons. The lowest BCUT2D eigenvalue weighted by Gasteiger charge is -2.18. The molecule has 0 unspecified atom stereocenters. The van der Waals surface area contributed by atoms with Crippen molar-refractivity contribution >= 4 is 7.60 Å². The van der Waals surface area contributed by atoms with E-state index in [4.69, 9.17) is 9.05 Å². The molecule has 0 aliphatic heterocycles. The summed E-state index contributed by atoms with van der Waals surface area (Å²) in [5.74, 6) is 0.284. The van der Waals surface area contributed by atoms with E-state index >= 15 is 0 Å². The number of allylic oxidation sites excluding steroid dienone is 3. The normalized spacial score (nSPS) is 13.3. The molecule has 0 aromatic heterocycles. The maximum atomic E-state index is 12.3. The van der Waals surface area contributed by atoms with Crippen molar-refractivity contribution in [3.05, 3.63) is 24.0 Å². The molecule has 0 spiro atoms. The van der Waals surface area contributed by atoms with Crippen molar-refractivity contribution in [2.45, 2.75) is 27.7 Å². The molecule has 0 aromatic rings. The molecule has 4 heteroatoms. The fourth-order valence-corrected chi connectivity index (χ4v) is 2.90. The summed E-state index contributed by atoms with van der Waals surface area (Å²) in [4.78, 5) is 0. The van der Waals surface area contributed by atoms with Crippen molar-refractivity contribution in [3.8, 4) is 0 Å². The maximum Gasteiger partial charge on any atom is 0.360 e. The molecular weight excluding hydrogens is 211 g/mol. The van der Waals surface area contributed by atoms with Crippen LogP contribution in [0.1, 0.15) is 27.7 Å². The second-order valence-corrected chi connectivity index (χ2v) is 5.40. The van der Waals surface area contributed by atoms with Crippen molar-refractivity contribution in [2.75, 3.05) is 13.2 Å². The lowest BCUT2D eigenvalue weighted by Crippen LogP contribution is -1.98. The monoisotopic (exact) mass is 232 g/mol. The van der Waals surface area contributed by atoms with E-state index < -0.39 is 7.60 Å². The average Bonchev–Trinajstić information content (AvgIpc) is 2.14. The average molecular weight is 232 g/mol. The third-order valence-electron chi connectivity index (χ3n) is 1.63. The molecule has 88 valence electrons. The van der Waals surface area contributed by atoms with Gasteiger partial charge in [0.2, 0.25) is 0 Å². The summed E-state index contributed by atoms with van der Waals surface area (Å²) in [5, 5.41) is 0.557. The highest BCUT2D eigenvalue weighted by molar-refractivity contribution is 7.58. The van der Waals surface area contributed by atoms with Crippen LogP contribution in [-0.4, -0.2) is 13.2 Å². The predicted octanol–water partition coefficient (Wildman–Crippen LogP) is 3.98. The molecule has 0 saturated heterocycles. The summed E-state index contributed by atoms with van der Waals surface area (Å²) in [6.07, 6.45) is 3.41. The standard InChI is InChI=1S/C11H21O3P/c1-6-11(9-10(4)5)15(12,13-7-2)14-8-3/h6,9-10H,1,7-8H2,2-5H3/b11-9+. The van der Waals surface area contributed by atoms with E-state index in [9.17, 15) is 4.57 Å². The van der Waals surface area contributed by atoms with Gasteiger partial charge in [0.25, 0.3) is 0 Å². The van der Waals surface area contributed by atoms with Crippen LogP contribution in [0.3, 0.4) is 0 Å². The van der Waals surface area contributed by atoms with Crippen molar-refractivity contribution in [3.63, 3.8) is 0 Å². The second-order valence-electron chi connectivity index (χ2n) is 3.37. The maximum absolute atomic E-state index is 12.3. The van der Waals surface area contributed by atoms with Crippen LogP contribution in [0.5, 0.6) is 0 Å². The molecule has 0 N–H and O–H groups in total. The van der Waals surface area contributed by atoms with Gasteiger partial charge < -0.3 is 9.05 Å². The van der Waals surface area contributed by atoms with Gasteiger partial charge in [-0.1, -0.05) is 32.6 Å². The molecule has 15 heavy (non-hydrogen) atoms. The molecule has 0 aliphatic rings. The van der Waals surface area contributed by atoms with Gasteiger partial charge in [-0.05, 0) is 19.8 Å². The first kappa shape index (κ1) is 14.6. The smallest absolute Gasteiger partial charge is 0.306 e. The summed E-state index contributed by atoms with van der Waals surface area (Å²) in [6, 6.07) is 0. The van der Waals surface area contributed by atoms with Gasteiger partial charge in [-0.2, -0.15) is 0 Å². The van der Waals surface area contributed by atoms with Crippen LogP contribution in [-0.2, 0) is 13.6 Å². The van der Waals surface area contributed by atoms with E-state index in [2.05, 4.69) is 6.58 Å². The Morgan fingerprint density at radius 3 is 2.07 bits per heavy atom. The van der Waals surface area contributed by atoms with Crippen LogP contribution in [0.2, 0.25) is 0 Å². The molecule has 0 saturated carbocycles. The zero-order valence-electron chi connectivity index (χ0n) is 10.0. The highest BCUT2D eigenvalue weighted by Crippen LogP contribution is 2.56. The molecule has 0 heterocycles. The fraction of sp³-hybridized carbons (Fsp3) is 0.636. The first-order valence-electron chi connectivity index (χ1n) is 5.24. The third kappa shape index (κ3) is 4.78. The quantitative estimate of drug-likeness (QED) is 0.492. The first-order valence-corrected chi connectivity index (χ1v) is 6.78. The number of hydrogen-bond acceptors (Lipinski definition) is 3. The van der Waals surface area contributed by atoms with E-state index in [1.165, 1.54) is 0 Å². The zero-order chi connectivity index (χ0) is 11.9. The molecule has 3 nitrogen and oxygen atoms in total. The highest BCUT2D eigenvalue weighted by Gasteiger charge is 2.27. The molecule has 0 aromatic carbocycles. The van der Waals surface area contributed by atoms with Gasteiger partial charge in [0.1, 0.15) is 0 Å². The van der Waals surface area contributed by atoms with Gasteiger partial charge in [-0.3, -0.25) is 4.57 Å². The van der Waals surface area contributed by atoms with Crippen molar-refractivity contribution in [1.82, 2.24) is 0 Å². The van der Waals surface area contributed by atoms with Gasteiger partial charge in [0.05, 0.1) is 18.5 Å². The Bertz CT molecular complexity index is 259. The van der Waals surface area contributed by atoms with Crippen molar-refractivity contribution < 1.29 is 13.6 Å². The van der Waals surface area contributed by atoms with Gasteiger partial charge in [-0.25, -0.2) is 0 Å². The lowest BCUT2D eigenvalue weighted by atomic mass is 10.2. The van der Waals surface area contributed by atoms with Crippen LogP contribution in [0, 0.1) is 5.92 Å². The third-order valence-corrected chi connectivity index (χ3v) is 3.79. The minimum Gasteiger partial charge on any atom is -0.306 e. The SMILES string of the molecule is C=C/C(=C\C(C)C)P(=O)(OCC)OCC. The Morgan fingerprint density at radius 2 is 1.80 bits per heavy atom. The van der Waals surface area contributed by atoms with Crippen molar-refractivity contribution in [2.24, 2.45) is 5.92 Å². The predicted molar refractivity (Wildman–Crippen MR) is 64.0 cm³/mol. The summed E-state index contributed by atoms with van der Waals surface area (Å²) < 4.78 is 22.7. The summed E-state index contributed by atoms with van der Waals surface area (Å²) in [5.41, 5.74) is 0. The molecule has 0 atom stereocenters. The minimum absolute atomic E-state index is 0.284. The highest BCUT2D eigenvalue weighted by atomic mass is 31.2. The molecule has 0 amide bonds. The summed E-state index contributed by atoms with van der Waals surface area (Å²) in [6.45, 7) is 12.0.